The van der Waals surface area contributed by atoms with E-state index < -0.39 is 0 Å². The first-order valence-corrected chi connectivity index (χ1v) is 12.0. The Balaban J connectivity index is 1.43. The molecule has 178 valence electrons. The first-order chi connectivity index (χ1) is 16.4. The van der Waals surface area contributed by atoms with Crippen LogP contribution in [-0.2, 0) is 23.8 Å². The molecule has 6 rings (SSSR count). The molecule has 2 aliphatic heterocycles. The van der Waals surface area contributed by atoms with Gasteiger partial charge in [0.05, 0.1) is 25.3 Å². The Labute approximate surface area is 198 Å². The third-order valence-corrected chi connectivity index (χ3v) is 7.88. The molecule has 1 amide bonds. The van der Waals surface area contributed by atoms with Crippen molar-refractivity contribution in [1.82, 2.24) is 14.4 Å². The van der Waals surface area contributed by atoms with Gasteiger partial charge < -0.3 is 19.3 Å². The lowest BCUT2D eigenvalue weighted by molar-refractivity contribution is -0.140. The fraction of sp³-hybridized carbons (Fsp3) is 0.444. The van der Waals surface area contributed by atoms with Crippen LogP contribution >= 0.6 is 0 Å². The Hall–Kier alpha value is -2.90. The van der Waals surface area contributed by atoms with Crippen molar-refractivity contribution in [3.8, 4) is 5.75 Å². The molecule has 0 radical (unpaired) electrons. The summed E-state index contributed by atoms with van der Waals surface area (Å²) in [6.07, 6.45) is 1.87. The number of ether oxygens (including phenoxy) is 1. The number of aryl methyl sites for hydroxylation is 1. The molecule has 1 atom stereocenters. The monoisotopic (exact) mass is 463 g/mol. The lowest BCUT2D eigenvalue weighted by Gasteiger charge is -2.56. The lowest BCUT2D eigenvalue weighted by atomic mass is 9.68. The van der Waals surface area contributed by atoms with E-state index in [1.807, 2.05) is 30.1 Å². The summed E-state index contributed by atoms with van der Waals surface area (Å²) >= 11 is 0. The second-order valence-electron chi connectivity index (χ2n) is 10.2. The van der Waals surface area contributed by atoms with Gasteiger partial charge in [-0.25, -0.2) is 4.39 Å². The maximum atomic E-state index is 13.7. The molecule has 1 aromatic heterocycles. The number of aliphatic hydroxyl groups excluding tert-OH is 1. The molecule has 3 aromatic rings. The summed E-state index contributed by atoms with van der Waals surface area (Å²) in [5, 5.41) is 11.6. The SMILES string of the molecule is COc1ccc2c3c(n(C)c2c1)[C@@H](CO)N(C(=O)C1CC1)CC31CN(Cc2cccc(F)c2)C1. The molecule has 1 saturated heterocycles. The van der Waals surface area contributed by atoms with E-state index in [1.54, 1.807) is 19.2 Å². The van der Waals surface area contributed by atoms with E-state index in [1.165, 1.54) is 11.6 Å². The average Bonchev–Trinajstić information content (AvgIpc) is 3.62. The van der Waals surface area contributed by atoms with Crippen LogP contribution in [0, 0.1) is 11.7 Å². The summed E-state index contributed by atoms with van der Waals surface area (Å²) in [5.74, 6) is 0.816. The number of benzene rings is 2. The van der Waals surface area contributed by atoms with Crippen LogP contribution in [0.4, 0.5) is 4.39 Å². The molecule has 6 nitrogen and oxygen atoms in total. The molecule has 1 N–H and O–H groups in total. The highest BCUT2D eigenvalue weighted by atomic mass is 19.1. The van der Waals surface area contributed by atoms with Crippen molar-refractivity contribution in [3.05, 3.63) is 65.1 Å². The van der Waals surface area contributed by atoms with Crippen LogP contribution in [0.1, 0.15) is 35.7 Å². The molecule has 1 aliphatic carbocycles. The number of fused-ring (bicyclic) bond motifs is 4. The number of likely N-dealkylation sites (tertiary alicyclic amines) is 1. The standard InChI is InChI=1S/C27H30FN3O3/c1-29-22-11-20(34-2)8-9-21(22)24-25(29)23(13-32)31(26(33)18-6-7-18)16-27(24)14-30(15-27)12-17-4-3-5-19(28)10-17/h3-5,8-11,18,23,32H,6-7,12-16H2,1-2H3/t23-/m1/s1. The zero-order valence-corrected chi connectivity index (χ0v) is 19.6. The number of nitrogens with zero attached hydrogens (tertiary/aromatic N) is 3. The predicted octanol–water partition coefficient (Wildman–Crippen LogP) is 3.37. The molecular formula is C27H30FN3O3. The van der Waals surface area contributed by atoms with E-state index in [0.29, 0.717) is 13.1 Å². The summed E-state index contributed by atoms with van der Waals surface area (Å²) in [6, 6.07) is 12.5. The lowest BCUT2D eigenvalue weighted by Crippen LogP contribution is -2.66. The molecule has 7 heteroatoms. The third-order valence-electron chi connectivity index (χ3n) is 7.88. The molecule has 34 heavy (non-hydrogen) atoms. The largest absolute Gasteiger partial charge is 0.497 e. The number of aliphatic hydroxyl groups is 1. The number of methoxy groups -OCH3 is 1. The van der Waals surface area contributed by atoms with Crippen LogP contribution in [0.15, 0.2) is 42.5 Å². The minimum absolute atomic E-state index is 0.0888. The van der Waals surface area contributed by atoms with Crippen molar-refractivity contribution in [2.24, 2.45) is 13.0 Å². The van der Waals surface area contributed by atoms with E-state index in [-0.39, 0.29) is 35.7 Å². The normalized spacial score (nSPS) is 21.5. The van der Waals surface area contributed by atoms with Gasteiger partial charge in [-0.3, -0.25) is 9.69 Å². The summed E-state index contributed by atoms with van der Waals surface area (Å²) in [6.45, 7) is 2.75. The van der Waals surface area contributed by atoms with Crippen molar-refractivity contribution in [3.63, 3.8) is 0 Å². The van der Waals surface area contributed by atoms with Crippen LogP contribution in [0.25, 0.3) is 10.9 Å². The van der Waals surface area contributed by atoms with Crippen LogP contribution in [0.3, 0.4) is 0 Å². The van der Waals surface area contributed by atoms with Crippen molar-refractivity contribution in [2.45, 2.75) is 30.8 Å². The van der Waals surface area contributed by atoms with E-state index in [4.69, 9.17) is 4.74 Å². The number of rotatable bonds is 5. The molecule has 1 saturated carbocycles. The van der Waals surface area contributed by atoms with Crippen molar-refractivity contribution in [1.29, 1.82) is 0 Å². The predicted molar refractivity (Wildman–Crippen MR) is 127 cm³/mol. The maximum Gasteiger partial charge on any atom is 0.226 e. The Bertz CT molecular complexity index is 1280. The maximum absolute atomic E-state index is 13.7. The van der Waals surface area contributed by atoms with Crippen molar-refractivity contribution in [2.75, 3.05) is 33.4 Å². The van der Waals surface area contributed by atoms with E-state index in [2.05, 4.69) is 15.5 Å². The summed E-state index contributed by atoms with van der Waals surface area (Å²) in [5.41, 5.74) is 4.05. The van der Waals surface area contributed by atoms with Gasteiger partial charge in [-0.2, -0.15) is 0 Å². The number of hydrogen-bond acceptors (Lipinski definition) is 4. The smallest absolute Gasteiger partial charge is 0.226 e. The van der Waals surface area contributed by atoms with Gasteiger partial charge in [0.25, 0.3) is 0 Å². The quantitative estimate of drug-likeness (QED) is 0.631. The average molecular weight is 464 g/mol. The number of carbonyl (C=O) groups is 1. The Morgan fingerprint density at radius 2 is 1.97 bits per heavy atom. The van der Waals surface area contributed by atoms with Crippen LogP contribution in [0.5, 0.6) is 5.75 Å². The van der Waals surface area contributed by atoms with E-state index >= 15 is 0 Å². The summed E-state index contributed by atoms with van der Waals surface area (Å²) in [4.78, 5) is 17.6. The molecule has 3 aliphatic rings. The summed E-state index contributed by atoms with van der Waals surface area (Å²) in [7, 11) is 3.68. The number of hydrogen-bond donors (Lipinski definition) is 1. The molecular weight excluding hydrogens is 433 g/mol. The second-order valence-corrected chi connectivity index (χ2v) is 10.2. The van der Waals surface area contributed by atoms with Crippen LogP contribution in [0.2, 0.25) is 0 Å². The summed E-state index contributed by atoms with van der Waals surface area (Å²) < 4.78 is 21.3. The zero-order valence-electron chi connectivity index (χ0n) is 19.6. The minimum atomic E-state index is -0.352. The molecule has 0 bridgehead atoms. The molecule has 1 spiro atoms. The first kappa shape index (κ1) is 21.6. The van der Waals surface area contributed by atoms with Gasteiger partial charge in [-0.15, -0.1) is 0 Å². The topological polar surface area (TPSA) is 57.9 Å². The van der Waals surface area contributed by atoms with Crippen LogP contribution in [-0.4, -0.2) is 58.7 Å². The van der Waals surface area contributed by atoms with Crippen molar-refractivity contribution >= 4 is 16.8 Å². The van der Waals surface area contributed by atoms with Gasteiger partial charge in [0.15, 0.2) is 0 Å². The minimum Gasteiger partial charge on any atom is -0.497 e. The fourth-order valence-corrected chi connectivity index (χ4v) is 6.23. The number of halogens is 1. The fourth-order valence-electron chi connectivity index (χ4n) is 6.23. The molecule has 0 unspecified atom stereocenters. The third kappa shape index (κ3) is 3.25. The highest BCUT2D eigenvalue weighted by Crippen LogP contribution is 2.51. The Morgan fingerprint density at radius 3 is 2.65 bits per heavy atom. The van der Waals surface area contributed by atoms with Gasteiger partial charge >= 0.3 is 0 Å². The highest BCUT2D eigenvalue weighted by molar-refractivity contribution is 5.90. The van der Waals surface area contributed by atoms with Gasteiger partial charge in [-0.05, 0) is 48.2 Å². The number of aromatic nitrogens is 1. The number of amides is 1. The number of carbonyl (C=O) groups excluding carboxylic acids is 1. The second kappa shape index (κ2) is 7.82. The first-order valence-electron chi connectivity index (χ1n) is 12.0. The Morgan fingerprint density at radius 1 is 1.18 bits per heavy atom. The van der Waals surface area contributed by atoms with Gasteiger partial charge in [0, 0.05) is 61.7 Å². The van der Waals surface area contributed by atoms with Crippen molar-refractivity contribution < 1.29 is 19.0 Å². The zero-order chi connectivity index (χ0) is 23.6. The molecule has 3 heterocycles. The van der Waals surface area contributed by atoms with Gasteiger partial charge in [0.2, 0.25) is 5.91 Å². The van der Waals surface area contributed by atoms with Gasteiger partial charge in [0.1, 0.15) is 11.6 Å². The van der Waals surface area contributed by atoms with Crippen LogP contribution < -0.4 is 4.74 Å². The van der Waals surface area contributed by atoms with E-state index in [9.17, 15) is 14.3 Å². The molecule has 2 aromatic carbocycles. The molecule has 2 fully saturated rings. The van der Waals surface area contributed by atoms with E-state index in [0.717, 1.165) is 53.8 Å². The highest BCUT2D eigenvalue weighted by Gasteiger charge is 2.55. The van der Waals surface area contributed by atoms with Gasteiger partial charge in [-0.1, -0.05) is 12.1 Å². The Kier molecular flexibility index (Phi) is 4.97.